The molecule has 0 saturated heterocycles. The van der Waals surface area contributed by atoms with E-state index in [1.54, 1.807) is 36.6 Å². The lowest BCUT2D eigenvalue weighted by Crippen LogP contribution is -1.95. The third-order valence-electron chi connectivity index (χ3n) is 3.46. The highest BCUT2D eigenvalue weighted by Crippen LogP contribution is 2.38. The summed E-state index contributed by atoms with van der Waals surface area (Å²) in [5, 5.41) is 0.892. The molecule has 2 heterocycles. The maximum absolute atomic E-state index is 11.0. The molecule has 0 atom stereocenters. The molecule has 0 unspecified atom stereocenters. The van der Waals surface area contributed by atoms with Crippen molar-refractivity contribution in [3.05, 3.63) is 40.5 Å². The highest BCUT2D eigenvalue weighted by atomic mass is 32.1. The van der Waals surface area contributed by atoms with Crippen LogP contribution in [0.25, 0.3) is 10.2 Å². The van der Waals surface area contributed by atoms with Gasteiger partial charge in [-0.1, -0.05) is 0 Å². The molecule has 3 aromatic rings. The third-order valence-corrected chi connectivity index (χ3v) is 4.58. The average Bonchev–Trinajstić information content (AvgIpc) is 2.83. The van der Waals surface area contributed by atoms with Crippen molar-refractivity contribution in [1.82, 2.24) is 9.97 Å². The van der Waals surface area contributed by atoms with Gasteiger partial charge in [0.2, 0.25) is 5.88 Å². The van der Waals surface area contributed by atoms with E-state index >= 15 is 0 Å². The second-order valence-electron chi connectivity index (χ2n) is 4.77. The Morgan fingerprint density at radius 2 is 2.00 bits per heavy atom. The number of hydrogen-bond donors (Lipinski definition) is 0. The molecule has 0 aliphatic rings. The Morgan fingerprint density at radius 1 is 1.18 bits per heavy atom. The first-order valence-corrected chi connectivity index (χ1v) is 7.47. The molecular formula is C16H14N2O3S. The summed E-state index contributed by atoms with van der Waals surface area (Å²) >= 11 is 1.60. The van der Waals surface area contributed by atoms with E-state index < -0.39 is 0 Å². The van der Waals surface area contributed by atoms with E-state index in [4.69, 9.17) is 9.47 Å². The van der Waals surface area contributed by atoms with Gasteiger partial charge in [0, 0.05) is 10.4 Å². The summed E-state index contributed by atoms with van der Waals surface area (Å²) < 4.78 is 11.2. The van der Waals surface area contributed by atoms with Crippen molar-refractivity contribution < 1.29 is 14.3 Å². The third kappa shape index (κ3) is 2.42. The van der Waals surface area contributed by atoms with Gasteiger partial charge in [0.05, 0.1) is 12.5 Å². The van der Waals surface area contributed by atoms with Crippen LogP contribution in [-0.2, 0) is 0 Å². The summed E-state index contributed by atoms with van der Waals surface area (Å²) in [5.41, 5.74) is 1.61. The summed E-state index contributed by atoms with van der Waals surface area (Å²) in [6, 6.07) is 5.01. The fraction of sp³-hybridized carbons (Fsp3) is 0.188. The summed E-state index contributed by atoms with van der Waals surface area (Å²) in [7, 11) is 1.55. The van der Waals surface area contributed by atoms with Crippen LogP contribution in [0.15, 0.2) is 24.5 Å². The molecule has 0 radical (unpaired) electrons. The van der Waals surface area contributed by atoms with Crippen LogP contribution in [0.4, 0.5) is 0 Å². The van der Waals surface area contributed by atoms with Gasteiger partial charge in [0.15, 0.2) is 11.5 Å². The largest absolute Gasteiger partial charge is 0.493 e. The molecule has 2 aromatic heterocycles. The van der Waals surface area contributed by atoms with Crippen LogP contribution >= 0.6 is 11.3 Å². The van der Waals surface area contributed by atoms with Gasteiger partial charge in [-0.25, -0.2) is 9.97 Å². The van der Waals surface area contributed by atoms with E-state index in [2.05, 4.69) is 9.97 Å². The van der Waals surface area contributed by atoms with Crippen LogP contribution in [0.2, 0.25) is 0 Å². The van der Waals surface area contributed by atoms with Gasteiger partial charge < -0.3 is 9.47 Å². The number of benzene rings is 1. The summed E-state index contributed by atoms with van der Waals surface area (Å²) in [5.74, 6) is 1.46. The van der Waals surface area contributed by atoms with Gasteiger partial charge in [-0.2, -0.15) is 0 Å². The minimum absolute atomic E-state index is 0.454. The van der Waals surface area contributed by atoms with Crippen LogP contribution in [0.5, 0.6) is 17.4 Å². The molecule has 6 heteroatoms. The molecule has 0 aliphatic carbocycles. The van der Waals surface area contributed by atoms with Crippen molar-refractivity contribution in [2.24, 2.45) is 0 Å². The van der Waals surface area contributed by atoms with E-state index in [0.29, 0.717) is 22.9 Å². The van der Waals surface area contributed by atoms with Gasteiger partial charge in [0.25, 0.3) is 0 Å². The number of aromatic nitrogens is 2. The Bertz CT molecular complexity index is 858. The molecule has 0 saturated carbocycles. The number of aldehydes is 1. The molecule has 0 N–H and O–H groups in total. The van der Waals surface area contributed by atoms with Crippen molar-refractivity contribution in [3.63, 3.8) is 0 Å². The topological polar surface area (TPSA) is 61.3 Å². The highest BCUT2D eigenvalue weighted by molar-refractivity contribution is 7.18. The molecule has 0 bridgehead atoms. The lowest BCUT2D eigenvalue weighted by Gasteiger charge is -2.11. The fourth-order valence-electron chi connectivity index (χ4n) is 2.18. The van der Waals surface area contributed by atoms with E-state index in [0.717, 1.165) is 22.1 Å². The van der Waals surface area contributed by atoms with Gasteiger partial charge in [-0.15, -0.1) is 11.3 Å². The second kappa shape index (κ2) is 5.73. The number of ether oxygens (including phenoxy) is 2. The number of hydrogen-bond acceptors (Lipinski definition) is 6. The predicted molar refractivity (Wildman–Crippen MR) is 85.3 cm³/mol. The zero-order chi connectivity index (χ0) is 15.7. The maximum atomic E-state index is 11.0. The van der Waals surface area contributed by atoms with Gasteiger partial charge in [-0.05, 0) is 37.6 Å². The van der Waals surface area contributed by atoms with E-state index in [-0.39, 0.29) is 0 Å². The number of fused-ring (bicyclic) bond motifs is 1. The molecule has 22 heavy (non-hydrogen) atoms. The van der Waals surface area contributed by atoms with Crippen molar-refractivity contribution >= 4 is 27.8 Å². The number of thiophene rings is 1. The smallest absolute Gasteiger partial charge is 0.231 e. The van der Waals surface area contributed by atoms with Gasteiger partial charge >= 0.3 is 0 Å². The number of carbonyl (C=O) groups excluding carboxylic acids is 1. The van der Waals surface area contributed by atoms with E-state index in [1.807, 2.05) is 13.8 Å². The number of nitrogens with zero attached hydrogens (tertiary/aromatic N) is 2. The predicted octanol–water partition coefficient (Wildman–Crippen LogP) is 3.92. The Morgan fingerprint density at radius 3 is 2.73 bits per heavy atom. The number of carbonyl (C=O) groups is 1. The van der Waals surface area contributed by atoms with Crippen LogP contribution in [0, 0.1) is 13.8 Å². The van der Waals surface area contributed by atoms with Gasteiger partial charge in [0.1, 0.15) is 17.4 Å². The second-order valence-corrected chi connectivity index (χ2v) is 5.98. The quantitative estimate of drug-likeness (QED) is 0.683. The Labute approximate surface area is 131 Å². The van der Waals surface area contributed by atoms with Crippen molar-refractivity contribution in [2.45, 2.75) is 13.8 Å². The molecule has 0 spiro atoms. The van der Waals surface area contributed by atoms with Crippen molar-refractivity contribution in [3.8, 4) is 17.4 Å². The minimum Gasteiger partial charge on any atom is -0.493 e. The molecule has 5 nitrogen and oxygen atoms in total. The van der Waals surface area contributed by atoms with Crippen molar-refractivity contribution in [2.75, 3.05) is 7.11 Å². The Kier molecular flexibility index (Phi) is 3.77. The molecule has 112 valence electrons. The molecule has 3 rings (SSSR count). The SMILES string of the molecule is COc1ccc(C=O)cc1Oc1ncnc2sc(C)c(C)c12. The maximum Gasteiger partial charge on any atom is 0.231 e. The Balaban J connectivity index is 2.12. The van der Waals surface area contributed by atoms with E-state index in [1.165, 1.54) is 11.2 Å². The first kappa shape index (κ1) is 14.5. The summed E-state index contributed by atoms with van der Waals surface area (Å²) in [6.07, 6.45) is 2.24. The lowest BCUT2D eigenvalue weighted by atomic mass is 10.2. The molecule has 0 fully saturated rings. The van der Waals surface area contributed by atoms with Crippen LogP contribution in [-0.4, -0.2) is 23.4 Å². The zero-order valence-corrected chi connectivity index (χ0v) is 13.2. The van der Waals surface area contributed by atoms with Gasteiger partial charge in [-0.3, -0.25) is 4.79 Å². The van der Waals surface area contributed by atoms with Crippen LogP contribution in [0.1, 0.15) is 20.8 Å². The fourth-order valence-corrected chi connectivity index (χ4v) is 3.17. The molecule has 0 amide bonds. The minimum atomic E-state index is 0.454. The van der Waals surface area contributed by atoms with Crippen LogP contribution < -0.4 is 9.47 Å². The lowest BCUT2D eigenvalue weighted by molar-refractivity contribution is 0.112. The molecule has 0 aliphatic heterocycles. The van der Waals surface area contributed by atoms with Crippen molar-refractivity contribution in [1.29, 1.82) is 0 Å². The Hall–Kier alpha value is -2.47. The first-order valence-electron chi connectivity index (χ1n) is 6.65. The van der Waals surface area contributed by atoms with E-state index in [9.17, 15) is 4.79 Å². The number of rotatable bonds is 4. The molecule has 1 aromatic carbocycles. The zero-order valence-electron chi connectivity index (χ0n) is 12.4. The number of methoxy groups -OCH3 is 1. The normalized spacial score (nSPS) is 10.7. The first-order chi connectivity index (χ1) is 10.6. The monoisotopic (exact) mass is 314 g/mol. The number of aryl methyl sites for hydroxylation is 2. The standard InChI is InChI=1S/C16H14N2O3S/c1-9-10(2)22-16-14(9)15(17-8-18-16)21-13-6-11(7-19)4-5-12(13)20-3/h4-8H,1-3H3. The van der Waals surface area contributed by atoms with Crippen LogP contribution in [0.3, 0.4) is 0 Å². The summed E-state index contributed by atoms with van der Waals surface area (Å²) in [6.45, 7) is 4.06. The average molecular weight is 314 g/mol. The summed E-state index contributed by atoms with van der Waals surface area (Å²) in [4.78, 5) is 21.5. The molecular weight excluding hydrogens is 300 g/mol. The highest BCUT2D eigenvalue weighted by Gasteiger charge is 2.15.